The van der Waals surface area contributed by atoms with E-state index in [1.807, 2.05) is 37.3 Å². The van der Waals surface area contributed by atoms with Gasteiger partial charge in [0.25, 0.3) is 0 Å². The molecule has 3 rings (SSSR count). The fraction of sp³-hybridized carbons (Fsp3) is 0.500. The van der Waals surface area contributed by atoms with Gasteiger partial charge in [0.1, 0.15) is 18.0 Å². The number of allylic oxidation sites excluding steroid dienone is 1. The Morgan fingerprint density at radius 3 is 2.83 bits per heavy atom. The summed E-state index contributed by atoms with van der Waals surface area (Å²) in [6.07, 6.45) is -0.796. The standard InChI is InChI=1S/C18H22O6/c1-11-13-10-23-18(22-9-12-6-4-3-5-7-12)16(20)17(13)24-14(11)8-15(19)21-2/h3-8,11,13,16-18,20H,9-10H2,1-2H3/b14-8+/t11-,13+,16+,17-,18+/m1/s1. The zero-order valence-electron chi connectivity index (χ0n) is 13.8. The average Bonchev–Trinajstić information content (AvgIpc) is 2.92. The molecule has 2 saturated heterocycles. The van der Waals surface area contributed by atoms with Crippen LogP contribution in [0.15, 0.2) is 42.2 Å². The summed E-state index contributed by atoms with van der Waals surface area (Å²) in [6, 6.07) is 9.69. The van der Waals surface area contributed by atoms with Gasteiger partial charge in [-0.15, -0.1) is 0 Å². The number of hydrogen-bond acceptors (Lipinski definition) is 6. The largest absolute Gasteiger partial charge is 0.491 e. The van der Waals surface area contributed by atoms with E-state index in [4.69, 9.17) is 14.2 Å². The number of rotatable bonds is 4. The van der Waals surface area contributed by atoms with Gasteiger partial charge in [-0.05, 0) is 5.56 Å². The van der Waals surface area contributed by atoms with Crippen LogP contribution in [0, 0.1) is 11.8 Å². The molecule has 5 atom stereocenters. The number of carbonyl (C=O) groups is 1. The van der Waals surface area contributed by atoms with E-state index in [1.165, 1.54) is 13.2 Å². The fourth-order valence-electron chi connectivity index (χ4n) is 3.11. The predicted molar refractivity (Wildman–Crippen MR) is 84.6 cm³/mol. The van der Waals surface area contributed by atoms with Crippen molar-refractivity contribution in [3.8, 4) is 0 Å². The molecule has 6 heteroatoms. The lowest BCUT2D eigenvalue weighted by Gasteiger charge is -2.36. The van der Waals surface area contributed by atoms with E-state index < -0.39 is 24.5 Å². The third kappa shape index (κ3) is 3.45. The van der Waals surface area contributed by atoms with Gasteiger partial charge in [0.2, 0.25) is 0 Å². The van der Waals surface area contributed by atoms with Crippen molar-refractivity contribution < 1.29 is 28.8 Å². The summed E-state index contributed by atoms with van der Waals surface area (Å²) >= 11 is 0. The summed E-state index contributed by atoms with van der Waals surface area (Å²) in [6.45, 7) is 2.70. The van der Waals surface area contributed by atoms with Crippen LogP contribution in [0.4, 0.5) is 0 Å². The number of hydrogen-bond donors (Lipinski definition) is 1. The van der Waals surface area contributed by atoms with Crippen LogP contribution in [0.5, 0.6) is 0 Å². The smallest absolute Gasteiger partial charge is 0.333 e. The third-order valence-corrected chi connectivity index (χ3v) is 4.57. The van der Waals surface area contributed by atoms with Crippen LogP contribution in [0.25, 0.3) is 0 Å². The van der Waals surface area contributed by atoms with E-state index in [0.29, 0.717) is 19.0 Å². The maximum absolute atomic E-state index is 11.4. The highest BCUT2D eigenvalue weighted by Gasteiger charge is 2.49. The minimum atomic E-state index is -0.918. The molecule has 130 valence electrons. The molecule has 0 aliphatic carbocycles. The molecule has 2 fully saturated rings. The Kier molecular flexibility index (Phi) is 5.18. The van der Waals surface area contributed by atoms with Crippen molar-refractivity contribution in [2.24, 2.45) is 11.8 Å². The van der Waals surface area contributed by atoms with Crippen molar-refractivity contribution >= 4 is 5.97 Å². The molecule has 1 aromatic rings. The van der Waals surface area contributed by atoms with Gasteiger partial charge in [-0.2, -0.15) is 0 Å². The van der Waals surface area contributed by atoms with Gasteiger partial charge in [0.15, 0.2) is 6.29 Å². The predicted octanol–water partition coefficient (Wildman–Crippen LogP) is 1.63. The molecule has 0 bridgehead atoms. The van der Waals surface area contributed by atoms with Gasteiger partial charge in [0.05, 0.1) is 26.4 Å². The molecule has 0 aromatic heterocycles. The highest BCUT2D eigenvalue weighted by Crippen LogP contribution is 2.41. The highest BCUT2D eigenvalue weighted by molar-refractivity contribution is 5.82. The summed E-state index contributed by atoms with van der Waals surface area (Å²) in [4.78, 5) is 11.4. The second-order valence-corrected chi connectivity index (χ2v) is 6.09. The van der Waals surface area contributed by atoms with Crippen molar-refractivity contribution in [1.29, 1.82) is 0 Å². The normalized spacial score (nSPS) is 33.8. The molecular weight excluding hydrogens is 312 g/mol. The summed E-state index contributed by atoms with van der Waals surface area (Å²) in [5.41, 5.74) is 1.00. The molecule has 0 unspecified atom stereocenters. The number of ether oxygens (including phenoxy) is 4. The quantitative estimate of drug-likeness (QED) is 0.666. The minimum absolute atomic E-state index is 0.0209. The molecule has 1 aromatic carbocycles. The second-order valence-electron chi connectivity index (χ2n) is 6.09. The van der Waals surface area contributed by atoms with Gasteiger partial charge < -0.3 is 24.1 Å². The lowest BCUT2D eigenvalue weighted by molar-refractivity contribution is -0.257. The molecule has 2 aliphatic heterocycles. The van der Waals surface area contributed by atoms with Crippen LogP contribution < -0.4 is 0 Å². The molecule has 2 aliphatic rings. The molecule has 0 spiro atoms. The molecular formula is C18H22O6. The van der Waals surface area contributed by atoms with Gasteiger partial charge in [0, 0.05) is 11.8 Å². The Morgan fingerprint density at radius 1 is 1.38 bits per heavy atom. The third-order valence-electron chi connectivity index (χ3n) is 4.57. The number of aliphatic hydroxyl groups excluding tert-OH is 1. The van der Waals surface area contributed by atoms with E-state index in [1.54, 1.807) is 0 Å². The van der Waals surface area contributed by atoms with Crippen LogP contribution in [0.1, 0.15) is 12.5 Å². The molecule has 0 amide bonds. The van der Waals surface area contributed by atoms with Crippen LogP contribution in [0.3, 0.4) is 0 Å². The monoisotopic (exact) mass is 334 g/mol. The summed E-state index contributed by atoms with van der Waals surface area (Å²) < 4.78 is 21.8. The Bertz CT molecular complexity index is 599. The van der Waals surface area contributed by atoms with Gasteiger partial charge in [-0.1, -0.05) is 37.3 Å². The Balaban J connectivity index is 1.63. The number of benzene rings is 1. The summed E-state index contributed by atoms with van der Waals surface area (Å²) in [7, 11) is 1.32. The summed E-state index contributed by atoms with van der Waals surface area (Å²) in [5, 5.41) is 10.5. The van der Waals surface area contributed by atoms with Crippen LogP contribution in [-0.4, -0.2) is 43.3 Å². The first-order valence-electron chi connectivity index (χ1n) is 8.01. The maximum atomic E-state index is 11.4. The van der Waals surface area contributed by atoms with Crippen molar-refractivity contribution in [3.05, 3.63) is 47.7 Å². The summed E-state index contributed by atoms with van der Waals surface area (Å²) in [5.74, 6) is -0.00250. The first kappa shape index (κ1) is 17.0. The zero-order chi connectivity index (χ0) is 17.1. The van der Waals surface area contributed by atoms with E-state index in [-0.39, 0.29) is 11.8 Å². The van der Waals surface area contributed by atoms with Gasteiger partial charge in [-0.25, -0.2) is 4.79 Å². The van der Waals surface area contributed by atoms with E-state index in [2.05, 4.69) is 4.74 Å². The molecule has 0 saturated carbocycles. The Labute approximate surface area is 141 Å². The van der Waals surface area contributed by atoms with Crippen LogP contribution >= 0.6 is 0 Å². The number of methoxy groups -OCH3 is 1. The van der Waals surface area contributed by atoms with Crippen molar-refractivity contribution in [2.75, 3.05) is 13.7 Å². The molecule has 6 nitrogen and oxygen atoms in total. The van der Waals surface area contributed by atoms with Crippen molar-refractivity contribution in [1.82, 2.24) is 0 Å². The molecule has 2 heterocycles. The van der Waals surface area contributed by atoms with Crippen LogP contribution in [-0.2, 0) is 30.3 Å². The van der Waals surface area contributed by atoms with E-state index in [9.17, 15) is 9.90 Å². The average molecular weight is 334 g/mol. The highest BCUT2D eigenvalue weighted by atomic mass is 16.7. The van der Waals surface area contributed by atoms with Gasteiger partial charge in [-0.3, -0.25) is 0 Å². The van der Waals surface area contributed by atoms with E-state index in [0.717, 1.165) is 5.56 Å². The van der Waals surface area contributed by atoms with Gasteiger partial charge >= 0.3 is 5.97 Å². The minimum Gasteiger partial charge on any atom is -0.491 e. The molecule has 24 heavy (non-hydrogen) atoms. The Morgan fingerprint density at radius 2 is 2.12 bits per heavy atom. The number of carbonyl (C=O) groups excluding carboxylic acids is 1. The maximum Gasteiger partial charge on any atom is 0.333 e. The topological polar surface area (TPSA) is 74.2 Å². The molecule has 1 N–H and O–H groups in total. The van der Waals surface area contributed by atoms with E-state index >= 15 is 0 Å². The van der Waals surface area contributed by atoms with Crippen molar-refractivity contribution in [3.63, 3.8) is 0 Å². The number of aliphatic hydroxyl groups is 1. The first-order chi connectivity index (χ1) is 11.6. The van der Waals surface area contributed by atoms with Crippen LogP contribution in [0.2, 0.25) is 0 Å². The number of fused-ring (bicyclic) bond motifs is 1. The lowest BCUT2D eigenvalue weighted by Crippen LogP contribution is -2.50. The number of esters is 1. The first-order valence-corrected chi connectivity index (χ1v) is 8.01. The van der Waals surface area contributed by atoms with Crippen molar-refractivity contribution in [2.45, 2.75) is 32.0 Å². The molecule has 0 radical (unpaired) electrons. The second kappa shape index (κ2) is 7.34. The lowest BCUT2D eigenvalue weighted by atomic mass is 9.87. The fourth-order valence-corrected chi connectivity index (χ4v) is 3.11. The Hall–Kier alpha value is -1.89. The zero-order valence-corrected chi connectivity index (χ0v) is 13.8. The SMILES string of the molecule is COC(=O)/C=C1/O[C@H]2[C@H](O)[C@@H](OCc3ccccc3)OC[C@H]2[C@H]1C.